The Labute approximate surface area is 142 Å². The van der Waals surface area contributed by atoms with Crippen LogP contribution in [0.2, 0.25) is 0 Å². The van der Waals surface area contributed by atoms with Crippen molar-refractivity contribution in [1.82, 2.24) is 20.0 Å². The van der Waals surface area contributed by atoms with Crippen molar-refractivity contribution in [2.45, 2.75) is 64.1 Å². The minimum atomic E-state index is -0.692. The molecule has 2 N–H and O–H groups in total. The molecule has 1 fully saturated rings. The van der Waals surface area contributed by atoms with Crippen LogP contribution in [0.25, 0.3) is 0 Å². The molecule has 2 aliphatic rings. The number of fused-ring (bicyclic) bond motifs is 1. The van der Waals surface area contributed by atoms with E-state index >= 15 is 0 Å². The van der Waals surface area contributed by atoms with Gasteiger partial charge in [-0.15, -0.1) is 0 Å². The van der Waals surface area contributed by atoms with Crippen molar-refractivity contribution >= 4 is 11.8 Å². The van der Waals surface area contributed by atoms with E-state index in [1.807, 2.05) is 11.8 Å². The summed E-state index contributed by atoms with van der Waals surface area (Å²) < 4.78 is 1.45. The van der Waals surface area contributed by atoms with Gasteiger partial charge in [0.15, 0.2) is 5.69 Å². The number of nitrogens with zero attached hydrogens (tertiary/aromatic N) is 3. The molecule has 0 saturated heterocycles. The number of hydrogen-bond donors (Lipinski definition) is 2. The fourth-order valence-corrected chi connectivity index (χ4v) is 3.69. The van der Waals surface area contributed by atoms with E-state index in [0.29, 0.717) is 17.9 Å². The lowest BCUT2D eigenvalue weighted by Crippen LogP contribution is -2.40. The monoisotopic (exact) mass is 334 g/mol. The zero-order chi connectivity index (χ0) is 17.1. The molecule has 3 rings (SSSR count). The van der Waals surface area contributed by atoms with Crippen LogP contribution in [-0.4, -0.2) is 56.8 Å². The number of aromatic nitrogens is 2. The van der Waals surface area contributed by atoms with E-state index in [9.17, 15) is 14.7 Å². The maximum atomic E-state index is 12.9. The highest BCUT2D eigenvalue weighted by atomic mass is 16.3. The average molecular weight is 334 g/mol. The largest absolute Gasteiger partial charge is 0.389 e. The number of hydrogen-bond acceptors (Lipinski definition) is 4. The van der Waals surface area contributed by atoms with Crippen LogP contribution in [0, 0.1) is 0 Å². The number of rotatable bonds is 3. The van der Waals surface area contributed by atoms with Crippen molar-refractivity contribution in [2.75, 3.05) is 13.1 Å². The highest BCUT2D eigenvalue weighted by molar-refractivity contribution is 5.98. The molecule has 2 amide bonds. The molecule has 24 heavy (non-hydrogen) atoms. The predicted molar refractivity (Wildman–Crippen MR) is 88.8 cm³/mol. The molecule has 0 aromatic carbocycles. The summed E-state index contributed by atoms with van der Waals surface area (Å²) in [6.07, 6.45) is 6.16. The van der Waals surface area contributed by atoms with Gasteiger partial charge in [0.25, 0.3) is 11.8 Å². The third-order valence-corrected chi connectivity index (χ3v) is 4.98. The Morgan fingerprint density at radius 1 is 1.38 bits per heavy atom. The molecule has 0 bridgehead atoms. The Kier molecular flexibility index (Phi) is 5.18. The molecular formula is C17H26N4O3. The van der Waals surface area contributed by atoms with Crippen molar-refractivity contribution in [3.8, 4) is 0 Å². The van der Waals surface area contributed by atoms with Gasteiger partial charge in [-0.05, 0) is 19.8 Å². The number of aliphatic hydroxyl groups is 1. The summed E-state index contributed by atoms with van der Waals surface area (Å²) >= 11 is 0. The van der Waals surface area contributed by atoms with E-state index in [-0.39, 0.29) is 30.9 Å². The first kappa shape index (κ1) is 17.0. The second-order valence-electron chi connectivity index (χ2n) is 6.70. The van der Waals surface area contributed by atoms with Crippen LogP contribution in [0.3, 0.4) is 0 Å². The highest BCUT2D eigenvalue weighted by Gasteiger charge is 2.29. The first-order valence-electron chi connectivity index (χ1n) is 8.95. The third-order valence-electron chi connectivity index (χ3n) is 4.98. The minimum Gasteiger partial charge on any atom is -0.389 e. The number of carbonyl (C=O) groups is 2. The normalized spacial score (nSPS) is 22.2. The van der Waals surface area contributed by atoms with Crippen LogP contribution in [0.1, 0.15) is 66.4 Å². The summed E-state index contributed by atoms with van der Waals surface area (Å²) in [7, 11) is 0. The molecule has 7 nitrogen and oxygen atoms in total. The molecule has 1 aromatic heterocycles. The molecule has 1 unspecified atom stereocenters. The molecule has 1 saturated carbocycles. The third kappa shape index (κ3) is 3.45. The van der Waals surface area contributed by atoms with E-state index in [2.05, 4.69) is 10.4 Å². The van der Waals surface area contributed by atoms with Gasteiger partial charge in [-0.25, -0.2) is 0 Å². The molecular weight excluding hydrogens is 308 g/mol. The van der Waals surface area contributed by atoms with Crippen molar-refractivity contribution in [3.05, 3.63) is 17.5 Å². The lowest BCUT2D eigenvalue weighted by Gasteiger charge is -2.29. The van der Waals surface area contributed by atoms with Gasteiger partial charge in [0.2, 0.25) is 0 Å². The van der Waals surface area contributed by atoms with Gasteiger partial charge < -0.3 is 15.3 Å². The fraction of sp³-hybridized carbons (Fsp3) is 0.706. The molecule has 1 aliphatic heterocycles. The van der Waals surface area contributed by atoms with Gasteiger partial charge in [0.05, 0.1) is 12.6 Å². The zero-order valence-corrected chi connectivity index (χ0v) is 14.2. The number of nitrogens with one attached hydrogen (secondary N) is 1. The maximum Gasteiger partial charge on any atom is 0.274 e. The summed E-state index contributed by atoms with van der Waals surface area (Å²) in [5, 5.41) is 16.8. The molecule has 1 aliphatic carbocycles. The van der Waals surface area contributed by atoms with Crippen molar-refractivity contribution in [3.63, 3.8) is 0 Å². The highest BCUT2D eigenvalue weighted by Crippen LogP contribution is 2.23. The van der Waals surface area contributed by atoms with E-state index in [0.717, 1.165) is 25.7 Å². The van der Waals surface area contributed by atoms with Crippen LogP contribution in [0.4, 0.5) is 0 Å². The smallest absolute Gasteiger partial charge is 0.274 e. The second kappa shape index (κ2) is 7.34. The number of carbonyl (C=O) groups excluding carboxylic acids is 2. The van der Waals surface area contributed by atoms with E-state index in [4.69, 9.17) is 0 Å². The fourth-order valence-electron chi connectivity index (χ4n) is 3.69. The van der Waals surface area contributed by atoms with Gasteiger partial charge >= 0.3 is 0 Å². The summed E-state index contributed by atoms with van der Waals surface area (Å²) in [5.74, 6) is -0.414. The van der Waals surface area contributed by atoms with Gasteiger partial charge in [0, 0.05) is 25.2 Å². The number of β-amino-alcohol motifs (C(OH)–C–C–N with tert-alkyl or cyclic N) is 1. The average Bonchev–Trinajstić information content (AvgIpc) is 2.73. The molecule has 2 heterocycles. The first-order chi connectivity index (χ1) is 11.6. The van der Waals surface area contributed by atoms with Gasteiger partial charge in [-0.3, -0.25) is 14.3 Å². The molecule has 132 valence electrons. The Balaban J connectivity index is 1.82. The molecule has 0 radical (unpaired) electrons. The Morgan fingerprint density at radius 2 is 2.08 bits per heavy atom. The van der Waals surface area contributed by atoms with Crippen LogP contribution < -0.4 is 5.32 Å². The van der Waals surface area contributed by atoms with Crippen molar-refractivity contribution < 1.29 is 14.7 Å². The number of aliphatic hydroxyl groups excluding tert-OH is 1. The van der Waals surface area contributed by atoms with Crippen molar-refractivity contribution in [1.29, 1.82) is 0 Å². The quantitative estimate of drug-likeness (QED) is 0.813. The van der Waals surface area contributed by atoms with Gasteiger partial charge in [-0.2, -0.15) is 5.10 Å². The van der Waals surface area contributed by atoms with Gasteiger partial charge in [0.1, 0.15) is 5.69 Å². The second-order valence-corrected chi connectivity index (χ2v) is 6.70. The number of amides is 2. The van der Waals surface area contributed by atoms with Crippen LogP contribution in [-0.2, 0) is 6.54 Å². The van der Waals surface area contributed by atoms with E-state index < -0.39 is 6.10 Å². The topological polar surface area (TPSA) is 87.5 Å². The van der Waals surface area contributed by atoms with Crippen LogP contribution in [0.5, 0.6) is 0 Å². The van der Waals surface area contributed by atoms with Crippen molar-refractivity contribution in [2.24, 2.45) is 0 Å². The summed E-state index contributed by atoms with van der Waals surface area (Å²) in [6, 6.07) is 1.81. The lowest BCUT2D eigenvalue weighted by molar-refractivity contribution is 0.0664. The molecule has 0 spiro atoms. The van der Waals surface area contributed by atoms with Crippen LogP contribution >= 0.6 is 0 Å². The molecule has 1 atom stereocenters. The molecule has 7 heteroatoms. The summed E-state index contributed by atoms with van der Waals surface area (Å²) in [6.45, 7) is 3.05. The van der Waals surface area contributed by atoms with Gasteiger partial charge in [-0.1, -0.05) is 25.7 Å². The summed E-state index contributed by atoms with van der Waals surface area (Å²) in [4.78, 5) is 26.9. The minimum absolute atomic E-state index is 0.118. The van der Waals surface area contributed by atoms with E-state index in [1.165, 1.54) is 17.5 Å². The molecule has 1 aromatic rings. The van der Waals surface area contributed by atoms with Crippen LogP contribution in [0.15, 0.2) is 6.07 Å². The maximum absolute atomic E-state index is 12.9. The Morgan fingerprint density at radius 3 is 2.75 bits per heavy atom. The lowest BCUT2D eigenvalue weighted by atomic mass is 10.1. The first-order valence-corrected chi connectivity index (χ1v) is 8.95. The standard InChI is InChI=1S/C17H26N4O3/c1-2-20(12-7-5-3-4-6-8-12)17(24)14-9-15-16(23)18-10-13(22)11-21(15)19-14/h9,12-13,22H,2-8,10-11H2,1H3,(H,18,23). The zero-order valence-electron chi connectivity index (χ0n) is 14.2. The Bertz CT molecular complexity index is 605. The SMILES string of the molecule is CCN(C(=O)c1cc2n(n1)CC(O)CNC2=O)C1CCCCCC1. The Hall–Kier alpha value is -1.89. The predicted octanol–water partition coefficient (Wildman–Crippen LogP) is 1.17. The van der Waals surface area contributed by atoms with E-state index in [1.54, 1.807) is 6.07 Å². The summed E-state index contributed by atoms with van der Waals surface area (Å²) in [5.41, 5.74) is 0.632.